The van der Waals surface area contributed by atoms with E-state index in [1.807, 2.05) is 23.1 Å². The minimum Gasteiger partial charge on any atom is -0.379 e. The molecule has 24 heavy (non-hydrogen) atoms. The Balaban J connectivity index is 1.41. The predicted molar refractivity (Wildman–Crippen MR) is 87.4 cm³/mol. The molecule has 0 radical (unpaired) electrons. The van der Waals surface area contributed by atoms with Crippen LogP contribution < -0.4 is 0 Å². The van der Waals surface area contributed by atoms with Crippen LogP contribution >= 0.6 is 0 Å². The van der Waals surface area contributed by atoms with Crippen molar-refractivity contribution in [3.05, 3.63) is 53.4 Å². The van der Waals surface area contributed by atoms with Crippen LogP contribution in [0.2, 0.25) is 0 Å². The van der Waals surface area contributed by atoms with Gasteiger partial charge in [-0.05, 0) is 12.0 Å². The van der Waals surface area contributed by atoms with E-state index in [-0.39, 0.29) is 11.9 Å². The molecule has 2 fully saturated rings. The first-order valence-electron chi connectivity index (χ1n) is 8.43. The van der Waals surface area contributed by atoms with Crippen LogP contribution in [0.3, 0.4) is 0 Å². The molecule has 0 spiro atoms. The minimum atomic E-state index is -0.0490. The third kappa shape index (κ3) is 3.07. The van der Waals surface area contributed by atoms with E-state index in [1.165, 1.54) is 5.56 Å². The standard InChI is InChI=1S/C18H21N3O3/c22-18(21-7-6-17(21)14-4-2-1-3-5-14)16-12-15(24-19-16)13-20-8-10-23-11-9-20/h1-5,12,17H,6-11,13H2. The van der Waals surface area contributed by atoms with Crippen LogP contribution in [0.15, 0.2) is 40.9 Å². The Bertz CT molecular complexity index is 695. The number of rotatable bonds is 4. The van der Waals surface area contributed by atoms with Crippen molar-refractivity contribution in [2.75, 3.05) is 32.8 Å². The molecule has 0 bridgehead atoms. The van der Waals surface area contributed by atoms with E-state index in [1.54, 1.807) is 6.07 Å². The average Bonchev–Trinajstić information content (AvgIpc) is 3.04. The first-order valence-corrected chi connectivity index (χ1v) is 8.43. The molecule has 0 aliphatic carbocycles. The summed E-state index contributed by atoms with van der Waals surface area (Å²) >= 11 is 0. The van der Waals surface area contributed by atoms with Crippen LogP contribution in [0.1, 0.15) is 34.3 Å². The van der Waals surface area contributed by atoms with E-state index in [4.69, 9.17) is 9.26 Å². The van der Waals surface area contributed by atoms with Crippen molar-refractivity contribution in [1.82, 2.24) is 15.0 Å². The molecule has 1 unspecified atom stereocenters. The molecule has 2 aliphatic heterocycles. The Morgan fingerprint density at radius 2 is 1.96 bits per heavy atom. The highest BCUT2D eigenvalue weighted by Gasteiger charge is 2.35. The summed E-state index contributed by atoms with van der Waals surface area (Å²) in [4.78, 5) is 16.8. The lowest BCUT2D eigenvalue weighted by Gasteiger charge is -2.40. The van der Waals surface area contributed by atoms with Crippen LogP contribution in [0.25, 0.3) is 0 Å². The topological polar surface area (TPSA) is 58.8 Å². The van der Waals surface area contributed by atoms with E-state index in [9.17, 15) is 4.79 Å². The minimum absolute atomic E-state index is 0.0490. The SMILES string of the molecule is O=C(c1cc(CN2CCOCC2)on1)N1CCC1c1ccccc1. The van der Waals surface area contributed by atoms with Gasteiger partial charge in [-0.15, -0.1) is 0 Å². The number of nitrogens with zero attached hydrogens (tertiary/aromatic N) is 3. The highest BCUT2D eigenvalue weighted by molar-refractivity contribution is 5.93. The van der Waals surface area contributed by atoms with Crippen LogP contribution in [-0.4, -0.2) is 53.7 Å². The second kappa shape index (κ2) is 6.75. The molecule has 0 N–H and O–H groups in total. The number of hydrogen-bond donors (Lipinski definition) is 0. The van der Waals surface area contributed by atoms with Crippen LogP contribution in [0.5, 0.6) is 0 Å². The van der Waals surface area contributed by atoms with Crippen molar-refractivity contribution < 1.29 is 14.1 Å². The van der Waals surface area contributed by atoms with Crippen molar-refractivity contribution in [2.45, 2.75) is 19.0 Å². The highest BCUT2D eigenvalue weighted by atomic mass is 16.5. The van der Waals surface area contributed by atoms with Gasteiger partial charge < -0.3 is 14.2 Å². The molecule has 2 aliphatic rings. The maximum Gasteiger partial charge on any atom is 0.276 e. The summed E-state index contributed by atoms with van der Waals surface area (Å²) in [6.45, 7) is 4.69. The number of carbonyl (C=O) groups is 1. The summed E-state index contributed by atoms with van der Waals surface area (Å²) < 4.78 is 10.7. The van der Waals surface area contributed by atoms with Gasteiger partial charge in [-0.3, -0.25) is 9.69 Å². The molecule has 2 aromatic rings. The van der Waals surface area contributed by atoms with Gasteiger partial charge in [-0.25, -0.2) is 0 Å². The van der Waals surface area contributed by atoms with E-state index >= 15 is 0 Å². The molecule has 3 heterocycles. The Morgan fingerprint density at radius 1 is 1.17 bits per heavy atom. The van der Waals surface area contributed by atoms with E-state index < -0.39 is 0 Å². The molecular formula is C18H21N3O3. The summed E-state index contributed by atoms with van der Waals surface area (Å²) in [7, 11) is 0. The maximum absolute atomic E-state index is 12.7. The Kier molecular flexibility index (Phi) is 4.32. The Morgan fingerprint density at radius 3 is 2.67 bits per heavy atom. The van der Waals surface area contributed by atoms with Gasteiger partial charge in [0.15, 0.2) is 11.5 Å². The van der Waals surface area contributed by atoms with E-state index in [0.717, 1.165) is 45.0 Å². The summed E-state index contributed by atoms with van der Waals surface area (Å²) in [6, 6.07) is 12.1. The van der Waals surface area contributed by atoms with Gasteiger partial charge in [0, 0.05) is 25.7 Å². The monoisotopic (exact) mass is 327 g/mol. The summed E-state index contributed by atoms with van der Waals surface area (Å²) in [5.41, 5.74) is 1.58. The van der Waals surface area contributed by atoms with Gasteiger partial charge in [0.05, 0.1) is 25.8 Å². The number of likely N-dealkylation sites (tertiary alicyclic amines) is 1. The Hall–Kier alpha value is -2.18. The van der Waals surface area contributed by atoms with Crippen molar-refractivity contribution in [1.29, 1.82) is 0 Å². The number of morpholine rings is 1. The van der Waals surface area contributed by atoms with Gasteiger partial charge in [-0.2, -0.15) is 0 Å². The van der Waals surface area contributed by atoms with E-state index in [0.29, 0.717) is 12.2 Å². The molecule has 2 saturated heterocycles. The molecule has 4 rings (SSSR count). The molecule has 126 valence electrons. The third-order valence-corrected chi connectivity index (χ3v) is 4.73. The van der Waals surface area contributed by atoms with Crippen LogP contribution in [0.4, 0.5) is 0 Å². The maximum atomic E-state index is 12.7. The quantitative estimate of drug-likeness (QED) is 0.861. The molecule has 1 aromatic heterocycles. The fourth-order valence-corrected chi connectivity index (χ4v) is 3.27. The second-order valence-electron chi connectivity index (χ2n) is 6.28. The molecule has 6 heteroatoms. The number of hydrogen-bond acceptors (Lipinski definition) is 5. The van der Waals surface area contributed by atoms with Gasteiger partial charge >= 0.3 is 0 Å². The van der Waals surface area contributed by atoms with Crippen molar-refractivity contribution in [3.8, 4) is 0 Å². The fourth-order valence-electron chi connectivity index (χ4n) is 3.27. The average molecular weight is 327 g/mol. The zero-order valence-electron chi connectivity index (χ0n) is 13.6. The lowest BCUT2D eigenvalue weighted by molar-refractivity contribution is 0.0305. The van der Waals surface area contributed by atoms with Crippen molar-refractivity contribution in [2.24, 2.45) is 0 Å². The summed E-state index contributed by atoms with van der Waals surface area (Å²) in [6.07, 6.45) is 0.994. The number of ether oxygens (including phenoxy) is 1. The highest BCUT2D eigenvalue weighted by Crippen LogP contribution is 2.34. The zero-order valence-corrected chi connectivity index (χ0v) is 13.6. The normalized spacial score (nSPS) is 21.5. The summed E-state index contributed by atoms with van der Waals surface area (Å²) in [5.74, 6) is 0.684. The molecular weight excluding hydrogens is 306 g/mol. The molecule has 6 nitrogen and oxygen atoms in total. The largest absolute Gasteiger partial charge is 0.379 e. The Labute approximate surface area is 141 Å². The van der Waals surface area contributed by atoms with Crippen LogP contribution in [0, 0.1) is 0 Å². The molecule has 1 amide bonds. The van der Waals surface area contributed by atoms with Crippen LogP contribution in [-0.2, 0) is 11.3 Å². The second-order valence-corrected chi connectivity index (χ2v) is 6.28. The fraction of sp³-hybridized carbons (Fsp3) is 0.444. The van der Waals surface area contributed by atoms with E-state index in [2.05, 4.69) is 22.2 Å². The molecule has 0 saturated carbocycles. The first-order chi connectivity index (χ1) is 11.8. The summed E-state index contributed by atoms with van der Waals surface area (Å²) in [5, 5.41) is 3.99. The predicted octanol–water partition coefficient (Wildman–Crippen LogP) is 2.09. The lowest BCUT2D eigenvalue weighted by Crippen LogP contribution is -2.45. The van der Waals surface area contributed by atoms with Gasteiger partial charge in [-0.1, -0.05) is 35.5 Å². The molecule has 1 aromatic carbocycles. The van der Waals surface area contributed by atoms with Crippen molar-refractivity contribution >= 4 is 5.91 Å². The van der Waals surface area contributed by atoms with Gasteiger partial charge in [0.1, 0.15) is 0 Å². The number of benzene rings is 1. The van der Waals surface area contributed by atoms with Gasteiger partial charge in [0.25, 0.3) is 5.91 Å². The van der Waals surface area contributed by atoms with Gasteiger partial charge in [0.2, 0.25) is 0 Å². The third-order valence-electron chi connectivity index (χ3n) is 4.73. The smallest absolute Gasteiger partial charge is 0.276 e. The molecule has 1 atom stereocenters. The van der Waals surface area contributed by atoms with Crippen molar-refractivity contribution in [3.63, 3.8) is 0 Å². The number of aromatic nitrogens is 1. The zero-order chi connectivity index (χ0) is 16.4. The number of amides is 1. The lowest BCUT2D eigenvalue weighted by atomic mass is 9.94. The number of carbonyl (C=O) groups excluding carboxylic acids is 1. The first kappa shape index (κ1) is 15.4.